The Morgan fingerprint density at radius 1 is 0.739 bits per heavy atom. The van der Waals surface area contributed by atoms with Gasteiger partial charge in [-0.15, -0.1) is 0 Å². The molecule has 0 aliphatic heterocycles. The second-order valence-corrected chi connectivity index (χ2v) is 7.64. The third-order valence-corrected chi connectivity index (χ3v) is 5.59. The van der Waals surface area contributed by atoms with E-state index in [1.54, 1.807) is 0 Å². The van der Waals surface area contributed by atoms with Crippen LogP contribution >= 0.6 is 0 Å². The van der Waals surface area contributed by atoms with E-state index in [-0.39, 0.29) is 6.10 Å². The summed E-state index contributed by atoms with van der Waals surface area (Å²) in [4.78, 5) is 0. The van der Waals surface area contributed by atoms with Crippen LogP contribution in [0.3, 0.4) is 0 Å². The molecule has 0 heterocycles. The Morgan fingerprint density at radius 3 is 1.83 bits per heavy atom. The van der Waals surface area contributed by atoms with Crippen LogP contribution in [0, 0.1) is 0 Å². The van der Waals surface area contributed by atoms with Gasteiger partial charge in [0.05, 0.1) is 6.10 Å². The summed E-state index contributed by atoms with van der Waals surface area (Å²) in [7, 11) is -0.463. The monoisotopic (exact) mass is 326 g/mol. The topological polar surface area (TPSA) is 9.23 Å². The van der Waals surface area contributed by atoms with Crippen LogP contribution in [-0.2, 0) is 4.43 Å². The fourth-order valence-electron chi connectivity index (χ4n) is 2.90. The van der Waals surface area contributed by atoms with Crippen molar-refractivity contribution in [3.8, 4) is 0 Å². The lowest BCUT2D eigenvalue weighted by Crippen LogP contribution is -2.09. The van der Waals surface area contributed by atoms with Crippen molar-refractivity contribution in [1.29, 1.82) is 0 Å². The summed E-state index contributed by atoms with van der Waals surface area (Å²) in [5.41, 5.74) is 2.54. The van der Waals surface area contributed by atoms with Gasteiger partial charge in [-0.25, -0.2) is 0 Å². The first-order chi connectivity index (χ1) is 11.4. The maximum atomic E-state index is 6.38. The number of hydrogen-bond donors (Lipinski definition) is 0. The third kappa shape index (κ3) is 6.72. The fourth-order valence-corrected chi connectivity index (χ4v) is 4.25. The Bertz CT molecular complexity index is 472. The molecule has 0 radical (unpaired) electrons. The van der Waals surface area contributed by atoms with E-state index in [1.165, 1.54) is 55.7 Å². The molecule has 0 saturated heterocycles. The van der Waals surface area contributed by atoms with Crippen LogP contribution in [0.1, 0.15) is 62.7 Å². The molecule has 0 unspecified atom stereocenters. The average molecular weight is 327 g/mol. The van der Waals surface area contributed by atoms with Crippen LogP contribution in [0.2, 0.25) is 6.04 Å². The predicted octanol–water partition coefficient (Wildman–Crippen LogP) is 5.66. The van der Waals surface area contributed by atoms with Gasteiger partial charge in [-0.3, -0.25) is 0 Å². The highest BCUT2D eigenvalue weighted by Crippen LogP contribution is 2.25. The Balaban J connectivity index is 1.80. The van der Waals surface area contributed by atoms with Crippen molar-refractivity contribution in [1.82, 2.24) is 0 Å². The highest BCUT2D eigenvalue weighted by atomic mass is 28.2. The van der Waals surface area contributed by atoms with E-state index >= 15 is 0 Å². The lowest BCUT2D eigenvalue weighted by atomic mass is 10.0. The van der Waals surface area contributed by atoms with Crippen LogP contribution in [-0.4, -0.2) is 9.76 Å². The maximum Gasteiger partial charge on any atom is 0.162 e. The molecule has 2 aromatic carbocycles. The molecule has 1 nitrogen and oxygen atoms in total. The molecule has 2 rings (SSSR count). The van der Waals surface area contributed by atoms with E-state index in [0.717, 1.165) is 0 Å². The van der Waals surface area contributed by atoms with Gasteiger partial charge in [0.1, 0.15) is 0 Å². The number of unbranched alkanes of at least 4 members (excludes halogenated alkanes) is 5. The molecule has 0 atom stereocenters. The first-order valence-electron chi connectivity index (χ1n) is 9.13. The largest absolute Gasteiger partial charge is 0.413 e. The van der Waals surface area contributed by atoms with Crippen molar-refractivity contribution >= 4 is 9.76 Å². The molecular weight excluding hydrogens is 296 g/mol. The van der Waals surface area contributed by atoms with Crippen molar-refractivity contribution < 1.29 is 4.43 Å². The molecule has 0 aliphatic rings. The van der Waals surface area contributed by atoms with E-state index in [1.807, 2.05) is 0 Å². The lowest BCUT2D eigenvalue weighted by molar-refractivity contribution is 0.260. The van der Waals surface area contributed by atoms with E-state index in [9.17, 15) is 0 Å². The van der Waals surface area contributed by atoms with Gasteiger partial charge in [0.25, 0.3) is 0 Å². The molecule has 0 bridgehead atoms. The normalized spacial score (nSPS) is 11.6. The smallest absolute Gasteiger partial charge is 0.162 e. The Hall–Kier alpha value is -1.38. The minimum Gasteiger partial charge on any atom is -0.413 e. The highest BCUT2D eigenvalue weighted by Gasteiger charge is 2.13. The van der Waals surface area contributed by atoms with Crippen LogP contribution in [0.25, 0.3) is 0 Å². The van der Waals surface area contributed by atoms with E-state index in [2.05, 4.69) is 67.6 Å². The van der Waals surface area contributed by atoms with Crippen LogP contribution in [0.15, 0.2) is 60.7 Å². The molecule has 0 spiro atoms. The van der Waals surface area contributed by atoms with Crippen molar-refractivity contribution in [2.75, 3.05) is 0 Å². The molecule has 0 aliphatic carbocycles. The molecule has 0 amide bonds. The summed E-state index contributed by atoms with van der Waals surface area (Å²) in [6.07, 6.45) is 8.33. The van der Waals surface area contributed by atoms with Crippen LogP contribution in [0.5, 0.6) is 0 Å². The minimum absolute atomic E-state index is 0.115. The molecule has 2 heteroatoms. The van der Waals surface area contributed by atoms with Crippen LogP contribution < -0.4 is 0 Å². The third-order valence-electron chi connectivity index (χ3n) is 4.24. The van der Waals surface area contributed by atoms with Crippen molar-refractivity contribution in [3.63, 3.8) is 0 Å². The van der Waals surface area contributed by atoms with Gasteiger partial charge in [0.2, 0.25) is 0 Å². The average Bonchev–Trinajstić information content (AvgIpc) is 2.62. The number of hydrogen-bond acceptors (Lipinski definition) is 1. The minimum atomic E-state index is -0.463. The van der Waals surface area contributed by atoms with Gasteiger partial charge < -0.3 is 4.43 Å². The summed E-state index contributed by atoms with van der Waals surface area (Å²) in [6.45, 7) is 2.27. The lowest BCUT2D eigenvalue weighted by Gasteiger charge is -2.19. The van der Waals surface area contributed by atoms with Crippen molar-refractivity contribution in [2.24, 2.45) is 0 Å². The summed E-state index contributed by atoms with van der Waals surface area (Å²) in [5.74, 6) is 0. The van der Waals surface area contributed by atoms with Gasteiger partial charge in [-0.1, -0.05) is 106 Å². The maximum absolute atomic E-state index is 6.38. The molecule has 2 aromatic rings. The van der Waals surface area contributed by atoms with Crippen LogP contribution in [0.4, 0.5) is 0 Å². The van der Waals surface area contributed by atoms with E-state index in [0.29, 0.717) is 0 Å². The highest BCUT2D eigenvalue weighted by molar-refractivity contribution is 6.27. The zero-order chi connectivity index (χ0) is 16.2. The summed E-state index contributed by atoms with van der Waals surface area (Å²) in [5, 5.41) is 0. The molecule has 0 fully saturated rings. The van der Waals surface area contributed by atoms with E-state index in [4.69, 9.17) is 4.43 Å². The van der Waals surface area contributed by atoms with Gasteiger partial charge in [-0.2, -0.15) is 0 Å². The fraction of sp³-hybridized carbons (Fsp3) is 0.429. The Kier molecular flexibility index (Phi) is 8.75. The Morgan fingerprint density at radius 2 is 1.26 bits per heavy atom. The van der Waals surface area contributed by atoms with Gasteiger partial charge in [0, 0.05) is 0 Å². The predicted molar refractivity (Wildman–Crippen MR) is 103 cm³/mol. The zero-order valence-corrected chi connectivity index (χ0v) is 15.8. The molecule has 0 aromatic heterocycles. The number of benzene rings is 2. The van der Waals surface area contributed by atoms with Gasteiger partial charge >= 0.3 is 0 Å². The van der Waals surface area contributed by atoms with Crippen molar-refractivity contribution in [3.05, 3.63) is 71.8 Å². The second-order valence-electron chi connectivity index (χ2n) is 6.19. The first-order valence-corrected chi connectivity index (χ1v) is 10.7. The molecule has 0 saturated carbocycles. The zero-order valence-electron chi connectivity index (χ0n) is 14.4. The molecule has 23 heavy (non-hydrogen) atoms. The molecule has 124 valence electrons. The molecule has 0 N–H and O–H groups in total. The SMILES string of the molecule is CCCCCCCC[SiH2]OC(c1ccccc1)c1ccccc1. The quantitative estimate of drug-likeness (QED) is 0.383. The molecular formula is C21H30OSi. The number of rotatable bonds is 11. The van der Waals surface area contributed by atoms with Gasteiger partial charge in [0.15, 0.2) is 9.76 Å². The summed E-state index contributed by atoms with van der Waals surface area (Å²) >= 11 is 0. The van der Waals surface area contributed by atoms with Gasteiger partial charge in [-0.05, 0) is 17.2 Å². The summed E-state index contributed by atoms with van der Waals surface area (Å²) < 4.78 is 6.38. The second kappa shape index (κ2) is 11.2. The van der Waals surface area contributed by atoms with Crippen molar-refractivity contribution in [2.45, 2.75) is 57.6 Å². The summed E-state index contributed by atoms with van der Waals surface area (Å²) in [6, 6.07) is 22.5. The first kappa shape index (κ1) is 18.0. The standard InChI is InChI=1S/C21H30OSi/c1-2-3-4-5-6-13-18-23-22-21(19-14-9-7-10-15-19)20-16-11-8-12-17-20/h7-12,14-17,21H,2-6,13,18,23H2,1H3. The van der Waals surface area contributed by atoms with E-state index < -0.39 is 9.76 Å². The Labute approximate surface area is 144 Å².